The molecule has 2 rings (SSSR count). The fourth-order valence-corrected chi connectivity index (χ4v) is 2.21. The summed E-state index contributed by atoms with van der Waals surface area (Å²) in [4.78, 5) is 16.0. The molecule has 136 valence electrons. The highest BCUT2D eigenvalue weighted by atomic mass is 19.3. The summed E-state index contributed by atoms with van der Waals surface area (Å²) in [6.45, 7) is -0.344. The van der Waals surface area contributed by atoms with Crippen LogP contribution in [0.4, 0.5) is 8.78 Å². The summed E-state index contributed by atoms with van der Waals surface area (Å²) in [7, 11) is 0. The second-order valence-corrected chi connectivity index (χ2v) is 5.48. The molecule has 0 aliphatic carbocycles. The average Bonchev–Trinajstić information content (AvgIpc) is 3.02. The predicted molar refractivity (Wildman–Crippen MR) is 86.4 cm³/mol. The first-order chi connectivity index (χ1) is 12.1. The predicted octanol–water partition coefficient (Wildman–Crippen LogP) is 2.92. The summed E-state index contributed by atoms with van der Waals surface area (Å²) >= 11 is 0. The van der Waals surface area contributed by atoms with Gasteiger partial charge in [0.15, 0.2) is 5.82 Å². The highest BCUT2D eigenvalue weighted by Gasteiger charge is 2.09. The molecular formula is C17H21F2N3O3. The molecule has 0 spiro atoms. The molecule has 0 radical (unpaired) electrons. The number of aromatic nitrogens is 2. The van der Waals surface area contributed by atoms with E-state index in [0.717, 1.165) is 18.4 Å². The van der Waals surface area contributed by atoms with Crippen LogP contribution in [0.1, 0.15) is 37.0 Å². The highest BCUT2D eigenvalue weighted by Crippen LogP contribution is 2.15. The third-order valence-electron chi connectivity index (χ3n) is 3.43. The maximum atomic E-state index is 12.1. The van der Waals surface area contributed by atoms with Gasteiger partial charge in [-0.25, -0.2) is 0 Å². The molecule has 0 bridgehead atoms. The Bertz CT molecular complexity index is 659. The number of benzene rings is 1. The number of nitrogens with one attached hydrogen (secondary N) is 1. The Morgan fingerprint density at radius 3 is 2.68 bits per heavy atom. The van der Waals surface area contributed by atoms with E-state index in [1.165, 1.54) is 12.1 Å². The van der Waals surface area contributed by atoms with Gasteiger partial charge in [0, 0.05) is 25.8 Å². The van der Waals surface area contributed by atoms with E-state index >= 15 is 0 Å². The summed E-state index contributed by atoms with van der Waals surface area (Å²) < 4.78 is 33.5. The summed E-state index contributed by atoms with van der Waals surface area (Å²) in [5, 5.41) is 6.64. The lowest BCUT2D eigenvalue weighted by molar-refractivity contribution is -0.121. The van der Waals surface area contributed by atoms with Crippen molar-refractivity contribution >= 4 is 5.91 Å². The summed E-state index contributed by atoms with van der Waals surface area (Å²) in [5.74, 6) is 1.14. The molecular weight excluding hydrogens is 332 g/mol. The molecule has 0 aliphatic rings. The monoisotopic (exact) mass is 353 g/mol. The van der Waals surface area contributed by atoms with E-state index in [4.69, 9.17) is 4.52 Å². The van der Waals surface area contributed by atoms with Crippen LogP contribution in [0.3, 0.4) is 0 Å². The molecule has 1 N–H and O–H groups in total. The van der Waals surface area contributed by atoms with E-state index in [2.05, 4.69) is 20.2 Å². The summed E-state index contributed by atoms with van der Waals surface area (Å²) in [6.07, 6.45) is 2.98. The van der Waals surface area contributed by atoms with Crippen LogP contribution in [0.5, 0.6) is 5.75 Å². The zero-order valence-electron chi connectivity index (χ0n) is 14.0. The molecule has 0 saturated carbocycles. The van der Waals surface area contributed by atoms with Gasteiger partial charge in [-0.1, -0.05) is 24.2 Å². The minimum absolute atomic E-state index is 0.104. The number of rotatable bonds is 10. The van der Waals surface area contributed by atoms with Crippen molar-refractivity contribution in [2.24, 2.45) is 0 Å². The number of hydrogen-bond acceptors (Lipinski definition) is 5. The zero-order chi connectivity index (χ0) is 18.1. The molecule has 0 atom stereocenters. The van der Waals surface area contributed by atoms with Crippen LogP contribution in [0.15, 0.2) is 28.8 Å². The van der Waals surface area contributed by atoms with E-state index < -0.39 is 6.61 Å². The SMILES string of the molecule is CCCc1noc(CCC(=O)NCCc2ccc(OC(F)F)cc2)n1. The lowest BCUT2D eigenvalue weighted by Crippen LogP contribution is -2.25. The number of nitrogens with zero attached hydrogens (tertiary/aromatic N) is 2. The molecule has 0 aliphatic heterocycles. The fraction of sp³-hybridized carbons (Fsp3) is 0.471. The molecule has 8 heteroatoms. The van der Waals surface area contributed by atoms with Crippen molar-refractivity contribution in [3.8, 4) is 5.75 Å². The lowest BCUT2D eigenvalue weighted by atomic mass is 10.1. The van der Waals surface area contributed by atoms with Crippen LogP contribution in [-0.4, -0.2) is 29.2 Å². The second kappa shape index (κ2) is 9.71. The average molecular weight is 353 g/mol. The van der Waals surface area contributed by atoms with Crippen LogP contribution in [0, 0.1) is 0 Å². The quantitative estimate of drug-likeness (QED) is 0.711. The number of ether oxygens (including phenoxy) is 1. The van der Waals surface area contributed by atoms with Gasteiger partial charge < -0.3 is 14.6 Å². The molecule has 25 heavy (non-hydrogen) atoms. The molecule has 6 nitrogen and oxygen atoms in total. The molecule has 0 unspecified atom stereocenters. The number of hydrogen-bond donors (Lipinski definition) is 1. The zero-order valence-corrected chi connectivity index (χ0v) is 14.0. The number of carbonyl (C=O) groups is 1. The Balaban J connectivity index is 1.66. The van der Waals surface area contributed by atoms with Crippen LogP contribution in [-0.2, 0) is 24.1 Å². The van der Waals surface area contributed by atoms with Crippen molar-refractivity contribution in [1.29, 1.82) is 0 Å². The van der Waals surface area contributed by atoms with Crippen LogP contribution >= 0.6 is 0 Å². The largest absolute Gasteiger partial charge is 0.435 e. The molecule has 1 aromatic heterocycles. The van der Waals surface area contributed by atoms with Crippen molar-refractivity contribution in [3.63, 3.8) is 0 Å². The van der Waals surface area contributed by atoms with Gasteiger partial charge in [-0.2, -0.15) is 13.8 Å². The van der Waals surface area contributed by atoms with Crippen molar-refractivity contribution < 1.29 is 22.8 Å². The Hall–Kier alpha value is -2.51. The third kappa shape index (κ3) is 6.86. The number of amides is 1. The van der Waals surface area contributed by atoms with E-state index in [-0.39, 0.29) is 18.1 Å². The molecule has 2 aromatic rings. The molecule has 1 heterocycles. The van der Waals surface area contributed by atoms with E-state index in [1.807, 2.05) is 6.92 Å². The first kappa shape index (κ1) is 18.8. The summed E-state index contributed by atoms with van der Waals surface area (Å²) in [5.41, 5.74) is 0.919. The van der Waals surface area contributed by atoms with Gasteiger partial charge in [-0.3, -0.25) is 4.79 Å². The van der Waals surface area contributed by atoms with Crippen LogP contribution < -0.4 is 10.1 Å². The molecule has 0 fully saturated rings. The Labute approximate surface area is 144 Å². The normalized spacial score (nSPS) is 10.9. The van der Waals surface area contributed by atoms with Gasteiger partial charge in [0.25, 0.3) is 0 Å². The van der Waals surface area contributed by atoms with Crippen molar-refractivity contribution in [2.45, 2.75) is 45.6 Å². The van der Waals surface area contributed by atoms with Crippen LogP contribution in [0.25, 0.3) is 0 Å². The third-order valence-corrected chi connectivity index (χ3v) is 3.43. The maximum absolute atomic E-state index is 12.1. The fourth-order valence-electron chi connectivity index (χ4n) is 2.21. The van der Waals surface area contributed by atoms with E-state index in [1.54, 1.807) is 12.1 Å². The van der Waals surface area contributed by atoms with Crippen LogP contribution in [0.2, 0.25) is 0 Å². The Kier molecular flexibility index (Phi) is 7.31. The topological polar surface area (TPSA) is 77.2 Å². The molecule has 1 aromatic carbocycles. The standard InChI is InChI=1S/C17H21F2N3O3/c1-2-3-14-21-16(25-22-14)9-8-15(23)20-11-10-12-4-6-13(7-5-12)24-17(18)19/h4-7,17H,2-3,8-11H2,1H3,(H,20,23). The number of alkyl halides is 2. The van der Waals surface area contributed by atoms with Gasteiger partial charge in [-0.15, -0.1) is 0 Å². The lowest BCUT2D eigenvalue weighted by Gasteiger charge is -2.07. The van der Waals surface area contributed by atoms with E-state index in [9.17, 15) is 13.6 Å². The van der Waals surface area contributed by atoms with Crippen molar-refractivity contribution in [1.82, 2.24) is 15.5 Å². The smallest absolute Gasteiger partial charge is 0.387 e. The second-order valence-electron chi connectivity index (χ2n) is 5.48. The minimum Gasteiger partial charge on any atom is -0.435 e. The Morgan fingerprint density at radius 2 is 2.00 bits per heavy atom. The van der Waals surface area contributed by atoms with Gasteiger partial charge in [0.1, 0.15) is 5.75 Å². The first-order valence-corrected chi connectivity index (χ1v) is 8.18. The first-order valence-electron chi connectivity index (χ1n) is 8.18. The molecule has 1 amide bonds. The Morgan fingerprint density at radius 1 is 1.24 bits per heavy atom. The number of carbonyl (C=O) groups excluding carboxylic acids is 1. The van der Waals surface area contributed by atoms with Gasteiger partial charge >= 0.3 is 6.61 Å². The molecule has 0 saturated heterocycles. The van der Waals surface area contributed by atoms with Crippen molar-refractivity contribution in [3.05, 3.63) is 41.5 Å². The van der Waals surface area contributed by atoms with E-state index in [0.29, 0.717) is 31.1 Å². The summed E-state index contributed by atoms with van der Waals surface area (Å²) in [6, 6.07) is 6.34. The number of halogens is 2. The maximum Gasteiger partial charge on any atom is 0.387 e. The van der Waals surface area contributed by atoms with Gasteiger partial charge in [-0.05, 0) is 30.5 Å². The number of aryl methyl sites for hydroxylation is 2. The van der Waals surface area contributed by atoms with Gasteiger partial charge in [0.2, 0.25) is 11.8 Å². The van der Waals surface area contributed by atoms with Gasteiger partial charge in [0.05, 0.1) is 0 Å². The minimum atomic E-state index is -2.83. The van der Waals surface area contributed by atoms with Crippen molar-refractivity contribution in [2.75, 3.05) is 6.54 Å². The highest BCUT2D eigenvalue weighted by molar-refractivity contribution is 5.76.